The van der Waals surface area contributed by atoms with E-state index in [-0.39, 0.29) is 5.91 Å². The summed E-state index contributed by atoms with van der Waals surface area (Å²) in [5.41, 5.74) is 3.17. The Labute approximate surface area is 140 Å². The first-order chi connectivity index (χ1) is 11.3. The fourth-order valence-electron chi connectivity index (χ4n) is 2.38. The van der Waals surface area contributed by atoms with Gasteiger partial charge >= 0.3 is 0 Å². The summed E-state index contributed by atoms with van der Waals surface area (Å²) in [4.78, 5) is 16.3. The van der Waals surface area contributed by atoms with E-state index in [1.54, 1.807) is 17.5 Å². The highest BCUT2D eigenvalue weighted by molar-refractivity contribution is 7.13. The van der Waals surface area contributed by atoms with Crippen LogP contribution in [-0.4, -0.2) is 10.9 Å². The SMILES string of the molecule is O=C(CCCc1ccccc1)Nc1ccc(-c2nccs2)cc1. The molecule has 0 atom stereocenters. The lowest BCUT2D eigenvalue weighted by Crippen LogP contribution is -2.11. The zero-order valence-corrected chi connectivity index (χ0v) is 13.6. The Morgan fingerprint density at radius 3 is 2.52 bits per heavy atom. The van der Waals surface area contributed by atoms with Crippen molar-refractivity contribution in [1.29, 1.82) is 0 Å². The molecule has 3 rings (SSSR count). The minimum Gasteiger partial charge on any atom is -0.326 e. The largest absolute Gasteiger partial charge is 0.326 e. The molecule has 0 saturated heterocycles. The van der Waals surface area contributed by atoms with Crippen LogP contribution in [0.1, 0.15) is 18.4 Å². The molecule has 0 radical (unpaired) electrons. The van der Waals surface area contributed by atoms with Crippen molar-refractivity contribution in [2.24, 2.45) is 0 Å². The van der Waals surface area contributed by atoms with Crippen molar-refractivity contribution < 1.29 is 4.79 Å². The Balaban J connectivity index is 1.48. The minimum absolute atomic E-state index is 0.0583. The predicted molar refractivity (Wildman–Crippen MR) is 95.6 cm³/mol. The molecule has 0 spiro atoms. The third kappa shape index (κ3) is 4.50. The molecule has 1 heterocycles. The maximum Gasteiger partial charge on any atom is 0.224 e. The van der Waals surface area contributed by atoms with Crippen LogP contribution in [0.15, 0.2) is 66.2 Å². The number of carbonyl (C=O) groups is 1. The van der Waals surface area contributed by atoms with Crippen LogP contribution in [-0.2, 0) is 11.2 Å². The summed E-state index contributed by atoms with van der Waals surface area (Å²) in [5, 5.41) is 5.89. The van der Waals surface area contributed by atoms with E-state index < -0.39 is 0 Å². The Kier molecular flexibility index (Phi) is 5.17. The smallest absolute Gasteiger partial charge is 0.224 e. The van der Waals surface area contributed by atoms with Gasteiger partial charge in [-0.2, -0.15) is 0 Å². The van der Waals surface area contributed by atoms with Crippen molar-refractivity contribution in [2.45, 2.75) is 19.3 Å². The van der Waals surface area contributed by atoms with E-state index in [2.05, 4.69) is 22.4 Å². The van der Waals surface area contributed by atoms with Crippen LogP contribution in [0.2, 0.25) is 0 Å². The summed E-state index contributed by atoms with van der Waals surface area (Å²) in [6, 6.07) is 18.1. The fraction of sp³-hybridized carbons (Fsp3) is 0.158. The van der Waals surface area contributed by atoms with E-state index in [0.29, 0.717) is 6.42 Å². The molecule has 0 unspecified atom stereocenters. The zero-order valence-electron chi connectivity index (χ0n) is 12.7. The van der Waals surface area contributed by atoms with Gasteiger partial charge in [0.1, 0.15) is 5.01 Å². The van der Waals surface area contributed by atoms with Gasteiger partial charge in [-0.3, -0.25) is 4.79 Å². The second-order valence-corrected chi connectivity index (χ2v) is 6.20. The molecular formula is C19H18N2OS. The zero-order chi connectivity index (χ0) is 15.9. The Bertz CT molecular complexity index is 737. The number of benzene rings is 2. The number of amides is 1. The number of aromatic nitrogens is 1. The molecule has 3 nitrogen and oxygen atoms in total. The summed E-state index contributed by atoms with van der Waals surface area (Å²) < 4.78 is 0. The number of thiazole rings is 1. The molecule has 0 aliphatic heterocycles. The third-order valence-corrected chi connectivity index (χ3v) is 4.38. The Morgan fingerprint density at radius 2 is 1.83 bits per heavy atom. The van der Waals surface area contributed by atoms with E-state index in [4.69, 9.17) is 0 Å². The highest BCUT2D eigenvalue weighted by Gasteiger charge is 2.04. The van der Waals surface area contributed by atoms with E-state index in [1.807, 2.05) is 47.8 Å². The highest BCUT2D eigenvalue weighted by atomic mass is 32.1. The van der Waals surface area contributed by atoms with Crippen molar-refractivity contribution in [3.05, 3.63) is 71.7 Å². The standard InChI is InChI=1S/C19H18N2OS/c22-18(8-4-7-15-5-2-1-3-6-15)21-17-11-9-16(10-12-17)19-20-13-14-23-19/h1-3,5-6,9-14H,4,7-8H2,(H,21,22). The van der Waals surface area contributed by atoms with Crippen molar-refractivity contribution in [3.63, 3.8) is 0 Å². The summed E-state index contributed by atoms with van der Waals surface area (Å²) in [6.07, 6.45) is 4.11. The van der Waals surface area contributed by atoms with Gasteiger partial charge in [0, 0.05) is 29.2 Å². The van der Waals surface area contributed by atoms with Crippen LogP contribution >= 0.6 is 11.3 Å². The number of nitrogens with zero attached hydrogens (tertiary/aromatic N) is 1. The number of aryl methyl sites for hydroxylation is 1. The minimum atomic E-state index is 0.0583. The second kappa shape index (κ2) is 7.70. The Morgan fingerprint density at radius 1 is 1.04 bits per heavy atom. The van der Waals surface area contributed by atoms with Gasteiger partial charge in [0.2, 0.25) is 5.91 Å². The monoisotopic (exact) mass is 322 g/mol. The maximum absolute atomic E-state index is 12.0. The van der Waals surface area contributed by atoms with Gasteiger partial charge in [0.05, 0.1) is 0 Å². The number of hydrogen-bond acceptors (Lipinski definition) is 3. The molecule has 3 aromatic rings. The quantitative estimate of drug-likeness (QED) is 0.710. The predicted octanol–water partition coefficient (Wildman–Crippen LogP) is 4.77. The fourth-order valence-corrected chi connectivity index (χ4v) is 3.03. The van der Waals surface area contributed by atoms with E-state index in [1.165, 1.54) is 5.56 Å². The van der Waals surface area contributed by atoms with Gasteiger partial charge in [-0.05, 0) is 42.7 Å². The average molecular weight is 322 g/mol. The molecule has 0 aliphatic carbocycles. The van der Waals surface area contributed by atoms with Crippen LogP contribution in [0, 0.1) is 0 Å². The number of carbonyl (C=O) groups excluding carboxylic acids is 1. The lowest BCUT2D eigenvalue weighted by atomic mass is 10.1. The van der Waals surface area contributed by atoms with Gasteiger partial charge in [-0.25, -0.2) is 4.98 Å². The Hall–Kier alpha value is -2.46. The van der Waals surface area contributed by atoms with E-state index in [0.717, 1.165) is 29.1 Å². The lowest BCUT2D eigenvalue weighted by molar-refractivity contribution is -0.116. The summed E-state index contributed by atoms with van der Waals surface area (Å²) in [6.45, 7) is 0. The van der Waals surface area contributed by atoms with Gasteiger partial charge in [0.15, 0.2) is 0 Å². The van der Waals surface area contributed by atoms with Crippen molar-refractivity contribution in [2.75, 3.05) is 5.32 Å². The molecule has 1 N–H and O–H groups in total. The first kappa shape index (κ1) is 15.4. The molecule has 0 aliphatic rings. The number of nitrogens with one attached hydrogen (secondary N) is 1. The molecule has 23 heavy (non-hydrogen) atoms. The summed E-state index contributed by atoms with van der Waals surface area (Å²) in [7, 11) is 0. The molecule has 0 fully saturated rings. The molecule has 0 bridgehead atoms. The topological polar surface area (TPSA) is 42.0 Å². The second-order valence-electron chi connectivity index (χ2n) is 5.30. The van der Waals surface area contributed by atoms with E-state index >= 15 is 0 Å². The first-order valence-electron chi connectivity index (χ1n) is 7.65. The molecule has 0 saturated carbocycles. The van der Waals surface area contributed by atoms with Crippen molar-refractivity contribution in [1.82, 2.24) is 4.98 Å². The van der Waals surface area contributed by atoms with Crippen molar-refractivity contribution >= 4 is 22.9 Å². The molecule has 2 aromatic carbocycles. The van der Waals surface area contributed by atoms with Crippen LogP contribution < -0.4 is 5.32 Å². The number of hydrogen-bond donors (Lipinski definition) is 1. The molecule has 1 amide bonds. The van der Waals surface area contributed by atoms with Crippen LogP contribution in [0.4, 0.5) is 5.69 Å². The molecule has 4 heteroatoms. The lowest BCUT2D eigenvalue weighted by Gasteiger charge is -2.06. The van der Waals surface area contributed by atoms with Crippen LogP contribution in [0.25, 0.3) is 10.6 Å². The molecule has 1 aromatic heterocycles. The first-order valence-corrected chi connectivity index (χ1v) is 8.53. The number of rotatable bonds is 6. The molecular weight excluding hydrogens is 304 g/mol. The van der Waals surface area contributed by atoms with Crippen molar-refractivity contribution in [3.8, 4) is 10.6 Å². The van der Waals surface area contributed by atoms with Gasteiger partial charge in [0.25, 0.3) is 0 Å². The summed E-state index contributed by atoms with van der Waals surface area (Å²) >= 11 is 1.61. The highest BCUT2D eigenvalue weighted by Crippen LogP contribution is 2.23. The summed E-state index contributed by atoms with van der Waals surface area (Å²) in [5.74, 6) is 0.0583. The average Bonchev–Trinajstić information content (AvgIpc) is 3.11. The van der Waals surface area contributed by atoms with Gasteiger partial charge in [-0.15, -0.1) is 11.3 Å². The van der Waals surface area contributed by atoms with Gasteiger partial charge in [-0.1, -0.05) is 30.3 Å². The van der Waals surface area contributed by atoms with Crippen LogP contribution in [0.3, 0.4) is 0 Å². The third-order valence-electron chi connectivity index (χ3n) is 3.56. The number of anilines is 1. The maximum atomic E-state index is 12.0. The van der Waals surface area contributed by atoms with E-state index in [9.17, 15) is 4.79 Å². The molecule has 116 valence electrons. The van der Waals surface area contributed by atoms with Crippen LogP contribution in [0.5, 0.6) is 0 Å². The normalized spacial score (nSPS) is 10.4. The van der Waals surface area contributed by atoms with Gasteiger partial charge < -0.3 is 5.32 Å².